The van der Waals surface area contributed by atoms with E-state index in [9.17, 15) is 4.39 Å². The Bertz CT molecular complexity index is 603. The molecule has 21 heavy (non-hydrogen) atoms. The fourth-order valence-electron chi connectivity index (χ4n) is 2.29. The minimum absolute atomic E-state index is 0.124. The minimum atomic E-state index is -0.234. The maximum atomic E-state index is 13.3. The molecule has 1 nitrogen and oxygen atoms in total. The summed E-state index contributed by atoms with van der Waals surface area (Å²) in [5.74, 6) is -0.234. The van der Waals surface area contributed by atoms with E-state index < -0.39 is 0 Å². The molecule has 1 unspecified atom stereocenters. The molecule has 2 aromatic carbocycles. The van der Waals surface area contributed by atoms with Crippen LogP contribution in [0.4, 0.5) is 4.39 Å². The van der Waals surface area contributed by atoms with E-state index in [4.69, 9.17) is 11.6 Å². The first-order valence-electron chi connectivity index (χ1n) is 7.03. The Balaban J connectivity index is 2.25. The number of nitrogens with one attached hydrogen (secondary N) is 1. The van der Waals surface area contributed by atoms with Gasteiger partial charge in [-0.3, -0.25) is 0 Å². The van der Waals surface area contributed by atoms with Crippen molar-refractivity contribution in [2.75, 3.05) is 6.54 Å². The molecule has 1 atom stereocenters. The molecule has 0 aliphatic heterocycles. The normalized spacial score (nSPS) is 12.4. The van der Waals surface area contributed by atoms with Crippen LogP contribution in [0.1, 0.15) is 30.5 Å². The second-order valence-electron chi connectivity index (χ2n) is 5.01. The van der Waals surface area contributed by atoms with E-state index in [1.165, 1.54) is 12.1 Å². The Kier molecular flexibility index (Phi) is 6.22. The third-order valence-corrected chi connectivity index (χ3v) is 4.23. The molecule has 4 heteroatoms. The Morgan fingerprint density at radius 2 is 2.05 bits per heavy atom. The van der Waals surface area contributed by atoms with E-state index in [1.54, 1.807) is 0 Å². The van der Waals surface area contributed by atoms with E-state index in [2.05, 4.69) is 34.2 Å². The molecule has 2 aromatic rings. The summed E-state index contributed by atoms with van der Waals surface area (Å²) in [6.45, 7) is 3.04. The van der Waals surface area contributed by atoms with Crippen LogP contribution in [0, 0.1) is 5.82 Å². The lowest BCUT2D eigenvalue weighted by atomic mass is 9.98. The van der Waals surface area contributed by atoms with Gasteiger partial charge < -0.3 is 5.32 Å². The van der Waals surface area contributed by atoms with Crippen molar-refractivity contribution in [3.8, 4) is 0 Å². The van der Waals surface area contributed by atoms with Gasteiger partial charge >= 0.3 is 0 Å². The molecule has 2 rings (SSSR count). The first-order valence-corrected chi connectivity index (χ1v) is 8.20. The highest BCUT2D eigenvalue weighted by Gasteiger charge is 2.15. The monoisotopic (exact) mass is 369 g/mol. The topological polar surface area (TPSA) is 12.0 Å². The molecule has 0 amide bonds. The van der Waals surface area contributed by atoms with Crippen molar-refractivity contribution in [2.24, 2.45) is 0 Å². The lowest BCUT2D eigenvalue weighted by Crippen LogP contribution is -2.24. The summed E-state index contributed by atoms with van der Waals surface area (Å²) < 4.78 is 14.1. The molecule has 0 aromatic heterocycles. The maximum absolute atomic E-state index is 13.3. The van der Waals surface area contributed by atoms with Gasteiger partial charge in [0.15, 0.2) is 0 Å². The molecular formula is C17H18BrClFN. The van der Waals surface area contributed by atoms with Crippen molar-refractivity contribution in [2.45, 2.75) is 25.8 Å². The zero-order chi connectivity index (χ0) is 15.2. The summed E-state index contributed by atoms with van der Waals surface area (Å²) >= 11 is 9.51. The molecule has 0 saturated heterocycles. The largest absolute Gasteiger partial charge is 0.310 e. The third-order valence-electron chi connectivity index (χ3n) is 3.31. The zero-order valence-corrected chi connectivity index (χ0v) is 14.2. The van der Waals surface area contributed by atoms with Gasteiger partial charge in [0.25, 0.3) is 0 Å². The van der Waals surface area contributed by atoms with Gasteiger partial charge in [0, 0.05) is 15.5 Å². The average Bonchev–Trinajstić information content (AvgIpc) is 2.44. The fourth-order valence-corrected chi connectivity index (χ4v) is 3.13. The summed E-state index contributed by atoms with van der Waals surface area (Å²) in [6, 6.07) is 12.8. The van der Waals surface area contributed by atoms with Gasteiger partial charge in [-0.25, -0.2) is 4.39 Å². The maximum Gasteiger partial charge on any atom is 0.124 e. The van der Waals surface area contributed by atoms with Crippen molar-refractivity contribution < 1.29 is 4.39 Å². The minimum Gasteiger partial charge on any atom is -0.310 e. The van der Waals surface area contributed by atoms with Crippen molar-refractivity contribution in [3.05, 3.63) is 68.9 Å². The summed E-state index contributed by atoms with van der Waals surface area (Å²) in [4.78, 5) is 0. The van der Waals surface area contributed by atoms with Crippen molar-refractivity contribution in [3.63, 3.8) is 0 Å². The second kappa shape index (κ2) is 7.92. The molecule has 112 valence electrons. The van der Waals surface area contributed by atoms with Crippen molar-refractivity contribution in [1.82, 2.24) is 5.32 Å². The van der Waals surface area contributed by atoms with E-state index in [-0.39, 0.29) is 11.9 Å². The van der Waals surface area contributed by atoms with Crippen LogP contribution in [0.5, 0.6) is 0 Å². The number of hydrogen-bond donors (Lipinski definition) is 1. The first kappa shape index (κ1) is 16.5. The molecule has 0 fully saturated rings. The van der Waals surface area contributed by atoms with Crippen LogP contribution in [0.2, 0.25) is 5.02 Å². The summed E-state index contributed by atoms with van der Waals surface area (Å²) in [5.41, 5.74) is 2.22. The van der Waals surface area contributed by atoms with E-state index in [1.807, 2.05) is 24.3 Å². The molecule has 0 aliphatic rings. The van der Waals surface area contributed by atoms with Crippen LogP contribution in [-0.2, 0) is 6.42 Å². The number of halogens is 3. The second-order valence-corrected chi connectivity index (χ2v) is 6.30. The Hall–Kier alpha value is -0.900. The summed E-state index contributed by atoms with van der Waals surface area (Å²) in [7, 11) is 0. The summed E-state index contributed by atoms with van der Waals surface area (Å²) in [5, 5.41) is 4.25. The molecule has 0 radical (unpaired) electrons. The predicted octanol–water partition coefficient (Wildman–Crippen LogP) is 5.53. The quantitative estimate of drug-likeness (QED) is 0.705. The highest BCUT2D eigenvalue weighted by Crippen LogP contribution is 2.27. The lowest BCUT2D eigenvalue weighted by molar-refractivity contribution is 0.525. The van der Waals surface area contributed by atoms with Gasteiger partial charge in [0.2, 0.25) is 0 Å². The van der Waals surface area contributed by atoms with Crippen LogP contribution < -0.4 is 5.32 Å². The lowest BCUT2D eigenvalue weighted by Gasteiger charge is -2.20. The van der Waals surface area contributed by atoms with Gasteiger partial charge in [-0.05, 0) is 54.8 Å². The van der Waals surface area contributed by atoms with E-state index in [0.717, 1.165) is 40.0 Å². The van der Waals surface area contributed by atoms with Crippen LogP contribution in [0.3, 0.4) is 0 Å². The van der Waals surface area contributed by atoms with Gasteiger partial charge in [-0.2, -0.15) is 0 Å². The van der Waals surface area contributed by atoms with Crippen LogP contribution in [-0.4, -0.2) is 6.54 Å². The van der Waals surface area contributed by atoms with Crippen LogP contribution in [0.15, 0.2) is 46.9 Å². The smallest absolute Gasteiger partial charge is 0.124 e. The fraction of sp³-hybridized carbons (Fsp3) is 0.294. The van der Waals surface area contributed by atoms with Gasteiger partial charge in [0.05, 0.1) is 0 Å². The third kappa shape index (κ3) is 4.80. The molecular weight excluding hydrogens is 353 g/mol. The standard InChI is InChI=1S/C17H18BrClFN/c1-2-8-21-17(10-12-4-3-5-13(19)9-12)15-7-6-14(20)11-16(15)18/h3-7,9,11,17,21H,2,8,10H2,1H3. The first-order chi connectivity index (χ1) is 10.1. The highest BCUT2D eigenvalue weighted by atomic mass is 79.9. The van der Waals surface area contributed by atoms with Crippen LogP contribution in [0.25, 0.3) is 0 Å². The molecule has 0 heterocycles. The molecule has 0 bridgehead atoms. The van der Waals surface area contributed by atoms with Crippen molar-refractivity contribution >= 4 is 27.5 Å². The van der Waals surface area contributed by atoms with Gasteiger partial charge in [-0.15, -0.1) is 0 Å². The molecule has 0 aliphatic carbocycles. The Labute approximate surface area is 138 Å². The average molecular weight is 371 g/mol. The van der Waals surface area contributed by atoms with Gasteiger partial charge in [-0.1, -0.05) is 52.7 Å². The Morgan fingerprint density at radius 1 is 1.24 bits per heavy atom. The van der Waals surface area contributed by atoms with Crippen molar-refractivity contribution in [1.29, 1.82) is 0 Å². The zero-order valence-electron chi connectivity index (χ0n) is 11.9. The predicted molar refractivity (Wildman–Crippen MR) is 90.3 cm³/mol. The SMILES string of the molecule is CCCNC(Cc1cccc(Cl)c1)c1ccc(F)cc1Br. The van der Waals surface area contributed by atoms with E-state index >= 15 is 0 Å². The van der Waals surface area contributed by atoms with E-state index in [0.29, 0.717) is 0 Å². The highest BCUT2D eigenvalue weighted by molar-refractivity contribution is 9.10. The summed E-state index contributed by atoms with van der Waals surface area (Å²) in [6.07, 6.45) is 1.86. The van der Waals surface area contributed by atoms with Crippen LogP contribution >= 0.6 is 27.5 Å². The number of rotatable bonds is 6. The molecule has 0 saturated carbocycles. The number of hydrogen-bond acceptors (Lipinski definition) is 1. The molecule has 1 N–H and O–H groups in total. The molecule has 0 spiro atoms. The Morgan fingerprint density at radius 3 is 2.71 bits per heavy atom. The van der Waals surface area contributed by atoms with Gasteiger partial charge in [0.1, 0.15) is 5.82 Å². The number of benzene rings is 2.